The van der Waals surface area contributed by atoms with Crippen LogP contribution < -0.4 is 10.5 Å². The molecule has 0 aliphatic rings. The zero-order valence-electron chi connectivity index (χ0n) is 13.5. The van der Waals surface area contributed by atoms with Gasteiger partial charge in [-0.05, 0) is 50.1 Å². The quantitative estimate of drug-likeness (QED) is 0.712. The first-order valence-corrected chi connectivity index (χ1v) is 7.84. The first-order valence-electron chi connectivity index (χ1n) is 7.84. The Morgan fingerprint density at radius 2 is 1.95 bits per heavy atom. The van der Waals surface area contributed by atoms with Gasteiger partial charge in [-0.3, -0.25) is 4.79 Å². The van der Waals surface area contributed by atoms with Gasteiger partial charge in [0.1, 0.15) is 5.75 Å². The lowest BCUT2D eigenvalue weighted by Gasteiger charge is -2.24. The number of amides is 1. The molecule has 21 heavy (non-hydrogen) atoms. The van der Waals surface area contributed by atoms with E-state index in [0.717, 1.165) is 25.2 Å². The lowest BCUT2D eigenvalue weighted by Crippen LogP contribution is -2.36. The third-order valence-corrected chi connectivity index (χ3v) is 3.47. The maximum absolute atomic E-state index is 12.4. The third kappa shape index (κ3) is 5.76. The van der Waals surface area contributed by atoms with Gasteiger partial charge in [0, 0.05) is 18.7 Å². The summed E-state index contributed by atoms with van der Waals surface area (Å²) >= 11 is 0. The molecule has 1 aromatic rings. The van der Waals surface area contributed by atoms with Gasteiger partial charge in [-0.25, -0.2) is 0 Å². The molecule has 1 amide bonds. The Morgan fingerprint density at radius 3 is 2.48 bits per heavy atom. The number of benzene rings is 1. The molecular weight excluding hydrogens is 264 g/mol. The van der Waals surface area contributed by atoms with Crippen LogP contribution in [0.15, 0.2) is 24.3 Å². The van der Waals surface area contributed by atoms with Crippen LogP contribution in [0.3, 0.4) is 0 Å². The first-order chi connectivity index (χ1) is 10.1. The summed E-state index contributed by atoms with van der Waals surface area (Å²) in [6.45, 7) is 8.88. The minimum Gasteiger partial charge on any atom is -0.494 e. The van der Waals surface area contributed by atoms with Gasteiger partial charge in [0.05, 0.1) is 6.61 Å². The van der Waals surface area contributed by atoms with E-state index in [4.69, 9.17) is 10.5 Å². The van der Waals surface area contributed by atoms with Crippen LogP contribution in [0.2, 0.25) is 0 Å². The van der Waals surface area contributed by atoms with E-state index in [9.17, 15) is 4.79 Å². The average molecular weight is 292 g/mol. The number of carbonyl (C=O) groups excluding carboxylic acids is 1. The predicted molar refractivity (Wildman–Crippen MR) is 86.6 cm³/mol. The molecule has 0 saturated carbocycles. The average Bonchev–Trinajstić information content (AvgIpc) is 2.52. The van der Waals surface area contributed by atoms with Crippen molar-refractivity contribution in [2.45, 2.75) is 33.6 Å². The van der Waals surface area contributed by atoms with E-state index in [1.165, 1.54) is 0 Å². The van der Waals surface area contributed by atoms with Crippen LogP contribution >= 0.6 is 0 Å². The van der Waals surface area contributed by atoms with Crippen molar-refractivity contribution in [2.75, 3.05) is 26.2 Å². The Morgan fingerprint density at radius 1 is 1.29 bits per heavy atom. The minimum atomic E-state index is 0.0536. The molecular formula is C17H28N2O2. The lowest BCUT2D eigenvalue weighted by molar-refractivity contribution is 0.0743. The molecule has 1 aromatic carbocycles. The Labute approximate surface area is 128 Å². The van der Waals surface area contributed by atoms with Crippen molar-refractivity contribution in [2.24, 2.45) is 11.7 Å². The normalized spacial score (nSPS) is 12.0. The smallest absolute Gasteiger partial charge is 0.253 e. The van der Waals surface area contributed by atoms with Crippen molar-refractivity contribution in [1.82, 2.24) is 4.90 Å². The summed E-state index contributed by atoms with van der Waals surface area (Å²) in [6, 6.07) is 7.39. The second-order valence-electron chi connectivity index (χ2n) is 5.41. The number of nitrogens with two attached hydrogens (primary N) is 1. The van der Waals surface area contributed by atoms with Crippen LogP contribution in [-0.2, 0) is 0 Å². The molecule has 1 unspecified atom stereocenters. The summed E-state index contributed by atoms with van der Waals surface area (Å²) in [5, 5.41) is 0. The molecule has 0 bridgehead atoms. The van der Waals surface area contributed by atoms with Gasteiger partial charge in [-0.1, -0.05) is 20.3 Å². The molecule has 0 aliphatic carbocycles. The van der Waals surface area contributed by atoms with Crippen LogP contribution in [0.25, 0.3) is 0 Å². The van der Waals surface area contributed by atoms with Crippen molar-refractivity contribution < 1.29 is 9.53 Å². The highest BCUT2D eigenvalue weighted by molar-refractivity contribution is 5.94. The molecule has 0 aromatic heterocycles. The maximum Gasteiger partial charge on any atom is 0.253 e. The highest BCUT2D eigenvalue weighted by Crippen LogP contribution is 2.15. The van der Waals surface area contributed by atoms with Crippen molar-refractivity contribution in [1.29, 1.82) is 0 Å². The van der Waals surface area contributed by atoms with Crippen LogP contribution in [0.1, 0.15) is 44.0 Å². The number of ether oxygens (including phenoxy) is 1. The summed E-state index contributed by atoms with van der Waals surface area (Å²) in [4.78, 5) is 14.3. The Bertz CT molecular complexity index is 417. The van der Waals surface area contributed by atoms with Crippen molar-refractivity contribution >= 4 is 5.91 Å². The highest BCUT2D eigenvalue weighted by Gasteiger charge is 2.16. The first kappa shape index (κ1) is 17.5. The molecule has 0 fully saturated rings. The number of rotatable bonds is 9. The van der Waals surface area contributed by atoms with E-state index in [2.05, 4.69) is 13.8 Å². The molecule has 0 heterocycles. The number of carbonyl (C=O) groups is 1. The van der Waals surface area contributed by atoms with Crippen molar-refractivity contribution in [3.63, 3.8) is 0 Å². The summed E-state index contributed by atoms with van der Waals surface area (Å²) in [7, 11) is 0. The van der Waals surface area contributed by atoms with E-state index in [1.807, 2.05) is 36.1 Å². The van der Waals surface area contributed by atoms with Crippen LogP contribution in [0.5, 0.6) is 5.75 Å². The molecule has 1 atom stereocenters. The Balaban J connectivity index is 2.64. The fourth-order valence-corrected chi connectivity index (χ4v) is 2.02. The second-order valence-corrected chi connectivity index (χ2v) is 5.41. The number of unbranched alkanes of at least 4 members (excludes halogenated alkanes) is 1. The van der Waals surface area contributed by atoms with Gasteiger partial charge < -0.3 is 15.4 Å². The van der Waals surface area contributed by atoms with E-state index in [-0.39, 0.29) is 5.91 Å². The fraction of sp³-hybridized carbons (Fsp3) is 0.588. The number of hydrogen-bond donors (Lipinski definition) is 1. The topological polar surface area (TPSA) is 55.6 Å². The summed E-state index contributed by atoms with van der Waals surface area (Å²) in [6.07, 6.45) is 2.16. The van der Waals surface area contributed by atoms with E-state index >= 15 is 0 Å². The van der Waals surface area contributed by atoms with Crippen LogP contribution in [-0.4, -0.2) is 37.0 Å². The van der Waals surface area contributed by atoms with E-state index < -0.39 is 0 Å². The summed E-state index contributed by atoms with van der Waals surface area (Å²) in [5.74, 6) is 1.18. The molecule has 1 rings (SSSR count). The summed E-state index contributed by atoms with van der Waals surface area (Å²) < 4.78 is 5.61. The van der Waals surface area contributed by atoms with Gasteiger partial charge in [-0.15, -0.1) is 0 Å². The Kier molecular flexibility index (Phi) is 7.83. The van der Waals surface area contributed by atoms with E-state index in [0.29, 0.717) is 31.1 Å². The van der Waals surface area contributed by atoms with Crippen molar-refractivity contribution in [3.8, 4) is 5.75 Å². The summed E-state index contributed by atoms with van der Waals surface area (Å²) in [5.41, 5.74) is 6.34. The second kappa shape index (κ2) is 9.40. The molecule has 0 spiro atoms. The lowest BCUT2D eigenvalue weighted by atomic mass is 10.1. The highest BCUT2D eigenvalue weighted by atomic mass is 16.5. The van der Waals surface area contributed by atoms with E-state index in [1.54, 1.807) is 0 Å². The molecule has 0 aliphatic heterocycles. The zero-order valence-corrected chi connectivity index (χ0v) is 13.5. The van der Waals surface area contributed by atoms with Gasteiger partial charge in [-0.2, -0.15) is 0 Å². The SMILES string of the molecule is CCCCOc1ccc(C(=O)N(CC)CC(C)CN)cc1. The van der Waals surface area contributed by atoms with Gasteiger partial charge in [0.15, 0.2) is 0 Å². The standard InChI is InChI=1S/C17H28N2O2/c1-4-6-11-21-16-9-7-15(8-10-16)17(20)19(5-2)13-14(3)12-18/h7-10,14H,4-6,11-13,18H2,1-3H3. The van der Waals surface area contributed by atoms with Gasteiger partial charge >= 0.3 is 0 Å². The zero-order chi connectivity index (χ0) is 15.7. The van der Waals surface area contributed by atoms with Crippen molar-refractivity contribution in [3.05, 3.63) is 29.8 Å². The molecule has 0 radical (unpaired) electrons. The molecule has 4 nitrogen and oxygen atoms in total. The largest absolute Gasteiger partial charge is 0.494 e. The monoisotopic (exact) mass is 292 g/mol. The molecule has 118 valence electrons. The maximum atomic E-state index is 12.4. The van der Waals surface area contributed by atoms with Crippen LogP contribution in [0, 0.1) is 5.92 Å². The van der Waals surface area contributed by atoms with Gasteiger partial charge in [0.2, 0.25) is 0 Å². The molecule has 2 N–H and O–H groups in total. The number of nitrogens with zero attached hydrogens (tertiary/aromatic N) is 1. The predicted octanol–water partition coefficient (Wildman–Crippen LogP) is 2.92. The molecule has 0 saturated heterocycles. The molecule has 4 heteroatoms. The minimum absolute atomic E-state index is 0.0536. The van der Waals surface area contributed by atoms with Gasteiger partial charge in [0.25, 0.3) is 5.91 Å². The third-order valence-electron chi connectivity index (χ3n) is 3.47. The van der Waals surface area contributed by atoms with Crippen LogP contribution in [0.4, 0.5) is 0 Å². The number of hydrogen-bond acceptors (Lipinski definition) is 3. The Hall–Kier alpha value is -1.55. The fourth-order valence-electron chi connectivity index (χ4n) is 2.02.